The number of H-pyrrole nitrogens is 1. The van der Waals surface area contributed by atoms with E-state index in [2.05, 4.69) is 20.4 Å². The van der Waals surface area contributed by atoms with Crippen molar-refractivity contribution in [1.29, 1.82) is 0 Å². The molecule has 0 aromatic carbocycles. The second-order valence-electron chi connectivity index (χ2n) is 3.18. The van der Waals surface area contributed by atoms with Gasteiger partial charge in [0.2, 0.25) is 5.95 Å². The summed E-state index contributed by atoms with van der Waals surface area (Å²) in [4.78, 5) is 18.4. The fourth-order valence-electron chi connectivity index (χ4n) is 1.28. The first kappa shape index (κ1) is 10.2. The van der Waals surface area contributed by atoms with Gasteiger partial charge in [-0.3, -0.25) is 14.8 Å². The largest absolute Gasteiger partial charge is 0.396 e. The maximum Gasteiger partial charge on any atom is 0.280 e. The molecule has 0 bridgehead atoms. The lowest BCUT2D eigenvalue weighted by Crippen LogP contribution is -2.15. The van der Waals surface area contributed by atoms with Gasteiger partial charge in [-0.05, 0) is 6.92 Å². The van der Waals surface area contributed by atoms with E-state index in [4.69, 9.17) is 5.73 Å². The van der Waals surface area contributed by atoms with E-state index < -0.39 is 0 Å². The van der Waals surface area contributed by atoms with Gasteiger partial charge in [-0.25, -0.2) is 4.98 Å². The topological polar surface area (TPSA) is 102 Å². The molecule has 0 unspecified atom stereocenters. The van der Waals surface area contributed by atoms with E-state index in [0.717, 1.165) is 0 Å². The lowest BCUT2D eigenvalue weighted by atomic mass is 10.3. The fraction of sp³-hybridized carbons (Fsp3) is 0.222. The van der Waals surface area contributed by atoms with Gasteiger partial charge in [0.15, 0.2) is 5.69 Å². The number of rotatable bonds is 3. The number of hydrogen-bond acceptors (Lipinski definition) is 4. The van der Waals surface area contributed by atoms with Crippen LogP contribution in [0.25, 0.3) is 0 Å². The van der Waals surface area contributed by atoms with Gasteiger partial charge < -0.3 is 10.7 Å². The highest BCUT2D eigenvalue weighted by Crippen LogP contribution is 2.10. The molecule has 0 aliphatic carbocycles. The number of carbonyl (C=O) groups is 1. The average Bonchev–Trinajstić information content (AvgIpc) is 2.87. The lowest BCUT2D eigenvalue weighted by molar-refractivity contribution is 0.102. The molecule has 2 rings (SSSR count). The molecule has 0 aliphatic rings. The number of aromatic nitrogens is 4. The van der Waals surface area contributed by atoms with Crippen molar-refractivity contribution in [2.75, 3.05) is 11.1 Å². The number of hydrogen-bond donors (Lipinski definition) is 3. The molecule has 1 amide bonds. The van der Waals surface area contributed by atoms with Gasteiger partial charge in [0.25, 0.3) is 5.91 Å². The Morgan fingerprint density at radius 3 is 3.06 bits per heavy atom. The van der Waals surface area contributed by atoms with Crippen LogP contribution in [0.3, 0.4) is 0 Å². The van der Waals surface area contributed by atoms with Crippen LogP contribution in [0.4, 0.5) is 11.6 Å². The summed E-state index contributed by atoms with van der Waals surface area (Å²) in [5.41, 5.74) is 6.23. The number of amides is 1. The van der Waals surface area contributed by atoms with Crippen LogP contribution >= 0.6 is 0 Å². The van der Waals surface area contributed by atoms with Crippen molar-refractivity contribution in [2.24, 2.45) is 0 Å². The van der Waals surface area contributed by atoms with Crippen molar-refractivity contribution >= 4 is 17.5 Å². The molecule has 0 radical (unpaired) electrons. The molecule has 0 fully saturated rings. The van der Waals surface area contributed by atoms with Gasteiger partial charge in [0.05, 0.1) is 5.69 Å². The molecule has 84 valence electrons. The number of aromatic amines is 1. The summed E-state index contributed by atoms with van der Waals surface area (Å²) in [6.45, 7) is 2.58. The van der Waals surface area contributed by atoms with Crippen LogP contribution in [0.5, 0.6) is 0 Å². The van der Waals surface area contributed by atoms with Gasteiger partial charge in [0.1, 0.15) is 0 Å². The van der Waals surface area contributed by atoms with Crippen LogP contribution < -0.4 is 11.1 Å². The minimum absolute atomic E-state index is 0.207. The maximum absolute atomic E-state index is 11.7. The van der Waals surface area contributed by atoms with E-state index in [1.807, 2.05) is 6.92 Å². The molecule has 4 N–H and O–H groups in total. The maximum atomic E-state index is 11.7. The van der Waals surface area contributed by atoms with Crippen LogP contribution in [0, 0.1) is 0 Å². The lowest BCUT2D eigenvalue weighted by Gasteiger charge is -1.98. The van der Waals surface area contributed by atoms with Crippen molar-refractivity contribution < 1.29 is 4.79 Å². The van der Waals surface area contributed by atoms with Gasteiger partial charge in [-0.2, -0.15) is 5.10 Å². The van der Waals surface area contributed by atoms with Crippen LogP contribution in [-0.4, -0.2) is 25.7 Å². The molecule has 2 aromatic heterocycles. The zero-order valence-electron chi connectivity index (χ0n) is 8.77. The number of nitrogens with zero attached hydrogens (tertiary/aromatic N) is 3. The Morgan fingerprint density at radius 1 is 1.69 bits per heavy atom. The van der Waals surface area contributed by atoms with Gasteiger partial charge in [-0.15, -0.1) is 0 Å². The normalized spacial score (nSPS) is 10.3. The third kappa shape index (κ3) is 1.88. The highest BCUT2D eigenvalue weighted by Gasteiger charge is 2.15. The number of anilines is 2. The smallest absolute Gasteiger partial charge is 0.280 e. The number of aryl methyl sites for hydroxylation is 1. The zero-order chi connectivity index (χ0) is 11.5. The Kier molecular flexibility index (Phi) is 2.59. The highest BCUT2D eigenvalue weighted by atomic mass is 16.2. The van der Waals surface area contributed by atoms with E-state index in [9.17, 15) is 4.79 Å². The summed E-state index contributed by atoms with van der Waals surface area (Å²) in [6, 6.07) is 0. The minimum Gasteiger partial charge on any atom is -0.396 e. The second-order valence-corrected chi connectivity index (χ2v) is 3.18. The van der Waals surface area contributed by atoms with Crippen LogP contribution in [0.15, 0.2) is 18.6 Å². The van der Waals surface area contributed by atoms with E-state index >= 15 is 0 Å². The summed E-state index contributed by atoms with van der Waals surface area (Å²) in [7, 11) is 0. The van der Waals surface area contributed by atoms with Gasteiger partial charge in [-0.1, -0.05) is 0 Å². The highest BCUT2D eigenvalue weighted by molar-refractivity contribution is 6.05. The molecule has 0 spiro atoms. The van der Waals surface area contributed by atoms with E-state index in [0.29, 0.717) is 18.2 Å². The van der Waals surface area contributed by atoms with Crippen molar-refractivity contribution in [3.63, 3.8) is 0 Å². The summed E-state index contributed by atoms with van der Waals surface area (Å²) >= 11 is 0. The van der Waals surface area contributed by atoms with Crippen molar-refractivity contribution in [2.45, 2.75) is 13.5 Å². The molecule has 16 heavy (non-hydrogen) atoms. The average molecular weight is 220 g/mol. The number of nitrogens with one attached hydrogen (secondary N) is 2. The Labute approximate surface area is 91.7 Å². The Morgan fingerprint density at radius 2 is 2.50 bits per heavy atom. The van der Waals surface area contributed by atoms with Crippen LogP contribution in [0.2, 0.25) is 0 Å². The first-order valence-electron chi connectivity index (χ1n) is 4.84. The molecule has 7 heteroatoms. The zero-order valence-corrected chi connectivity index (χ0v) is 8.77. The molecule has 0 atom stereocenters. The quantitative estimate of drug-likeness (QED) is 0.699. The van der Waals surface area contributed by atoms with Crippen LogP contribution in [0.1, 0.15) is 17.4 Å². The summed E-state index contributed by atoms with van der Waals surface area (Å²) in [5, 5.41) is 6.60. The summed E-state index contributed by atoms with van der Waals surface area (Å²) in [6.07, 6.45) is 4.78. The SMILES string of the molecule is CCn1cc(N)c(C(=O)Nc2ncc[nH]2)n1. The first-order chi connectivity index (χ1) is 7.70. The Balaban J connectivity index is 2.17. The number of nitrogens with two attached hydrogens (primary N) is 1. The van der Waals surface area contributed by atoms with Crippen molar-refractivity contribution in [1.82, 2.24) is 19.7 Å². The summed E-state index contributed by atoms with van der Waals surface area (Å²) in [5.74, 6) is -0.00454. The molecule has 0 saturated carbocycles. The van der Waals surface area contributed by atoms with E-state index in [1.165, 1.54) is 0 Å². The predicted octanol–water partition coefficient (Wildman–Crippen LogP) is 0.461. The summed E-state index contributed by atoms with van der Waals surface area (Å²) < 4.78 is 1.60. The predicted molar refractivity (Wildman–Crippen MR) is 58.9 cm³/mol. The molecule has 2 aromatic rings. The minimum atomic E-state index is -0.375. The number of carbonyl (C=O) groups excluding carboxylic acids is 1. The van der Waals surface area contributed by atoms with E-state index in [-0.39, 0.29) is 11.6 Å². The Hall–Kier alpha value is -2.31. The molecule has 7 nitrogen and oxygen atoms in total. The second kappa shape index (κ2) is 4.05. The fourth-order valence-corrected chi connectivity index (χ4v) is 1.28. The van der Waals surface area contributed by atoms with Crippen molar-refractivity contribution in [3.8, 4) is 0 Å². The first-order valence-corrected chi connectivity index (χ1v) is 4.84. The third-order valence-corrected chi connectivity index (χ3v) is 2.06. The standard InChI is InChI=1S/C9H12N6O/c1-2-15-5-6(10)7(14-15)8(16)13-9-11-3-4-12-9/h3-5H,2,10H2,1H3,(H2,11,12,13,16). The molecule has 2 heterocycles. The number of nitrogen functional groups attached to an aromatic ring is 1. The Bertz CT molecular complexity index is 486. The molecule has 0 saturated heterocycles. The van der Waals surface area contributed by atoms with Gasteiger partial charge >= 0.3 is 0 Å². The van der Waals surface area contributed by atoms with Crippen molar-refractivity contribution in [3.05, 3.63) is 24.3 Å². The van der Waals surface area contributed by atoms with Crippen LogP contribution in [-0.2, 0) is 6.54 Å². The molecular formula is C9H12N6O. The van der Waals surface area contributed by atoms with E-state index in [1.54, 1.807) is 23.3 Å². The third-order valence-electron chi connectivity index (χ3n) is 2.06. The number of imidazole rings is 1. The van der Waals surface area contributed by atoms with Gasteiger partial charge in [0, 0.05) is 25.1 Å². The molecule has 0 aliphatic heterocycles. The monoisotopic (exact) mass is 220 g/mol. The molecular weight excluding hydrogens is 208 g/mol.